The van der Waals surface area contributed by atoms with Crippen LogP contribution in [0, 0.1) is 12.8 Å². The van der Waals surface area contributed by atoms with Crippen LogP contribution in [0.4, 0.5) is 20.4 Å². The number of hydrogen-bond donors (Lipinski definition) is 3. The van der Waals surface area contributed by atoms with E-state index in [4.69, 9.17) is 9.84 Å². The molecular weight excluding hydrogens is 444 g/mol. The molecule has 0 spiro atoms. The summed E-state index contributed by atoms with van der Waals surface area (Å²) >= 11 is 1.41. The van der Waals surface area contributed by atoms with Crippen LogP contribution in [0.5, 0.6) is 0 Å². The Morgan fingerprint density at radius 1 is 1.18 bits per heavy atom. The number of rotatable bonds is 5. The molecule has 1 aliphatic heterocycles. The zero-order valence-electron chi connectivity index (χ0n) is 18.5. The average Bonchev–Trinajstić information content (AvgIpc) is 3.18. The molecule has 0 radical (unpaired) electrons. The molecule has 2 aliphatic rings. The monoisotopic (exact) mass is 472 g/mol. The number of carboxylic acids is 1. The molecule has 1 aliphatic carbocycles. The molecule has 176 valence electrons. The summed E-state index contributed by atoms with van der Waals surface area (Å²) in [5, 5.41) is 15.0. The molecule has 0 saturated heterocycles. The molecule has 3 N–H and O–H groups in total. The smallest absolute Gasteiger partial charge is 0.410 e. The fourth-order valence-electron chi connectivity index (χ4n) is 4.38. The number of fused-ring (bicyclic) bond motifs is 1. The summed E-state index contributed by atoms with van der Waals surface area (Å²) in [6.07, 6.45) is 5.10. The van der Waals surface area contributed by atoms with Crippen LogP contribution < -0.4 is 10.6 Å². The van der Waals surface area contributed by atoms with Gasteiger partial charge in [0.05, 0.1) is 0 Å². The number of nitrogens with one attached hydrogen (secondary N) is 2. The zero-order valence-corrected chi connectivity index (χ0v) is 19.3. The second kappa shape index (κ2) is 10.2. The van der Waals surface area contributed by atoms with E-state index < -0.39 is 5.97 Å². The van der Waals surface area contributed by atoms with Crippen LogP contribution >= 0.6 is 11.3 Å². The van der Waals surface area contributed by atoms with Crippen molar-refractivity contribution in [2.75, 3.05) is 17.2 Å². The Morgan fingerprint density at radius 3 is 2.67 bits per heavy atom. The third-order valence-corrected chi connectivity index (χ3v) is 6.93. The molecule has 1 saturated carbocycles. The topological polar surface area (TPSA) is 121 Å². The normalized spacial score (nSPS) is 20.0. The number of hydrogen-bond acceptors (Lipinski definition) is 6. The second-order valence-corrected chi connectivity index (χ2v) is 9.87. The fraction of sp³-hybridized carbons (Fsp3) is 0.478. The molecule has 4 rings (SSSR count). The van der Waals surface area contributed by atoms with E-state index in [0.29, 0.717) is 43.2 Å². The molecule has 2 heterocycles. The van der Waals surface area contributed by atoms with Crippen molar-refractivity contribution in [2.24, 2.45) is 5.92 Å². The minimum Gasteiger partial charge on any atom is -0.481 e. The van der Waals surface area contributed by atoms with Crippen LogP contribution in [-0.4, -0.2) is 45.7 Å². The summed E-state index contributed by atoms with van der Waals surface area (Å²) in [6, 6.07) is 5.34. The van der Waals surface area contributed by atoms with Gasteiger partial charge in [-0.05, 0) is 68.2 Å². The number of thiazole rings is 1. The molecule has 0 atom stereocenters. The van der Waals surface area contributed by atoms with Crippen LogP contribution in [0.15, 0.2) is 24.4 Å². The molecule has 1 aromatic carbocycles. The van der Waals surface area contributed by atoms with Crippen molar-refractivity contribution in [1.82, 2.24) is 9.88 Å². The Morgan fingerprint density at radius 2 is 1.97 bits per heavy atom. The van der Waals surface area contributed by atoms with E-state index in [1.807, 2.05) is 25.1 Å². The third kappa shape index (κ3) is 6.22. The van der Waals surface area contributed by atoms with Gasteiger partial charge in [0.2, 0.25) is 0 Å². The Hall–Kier alpha value is -3.14. The highest BCUT2D eigenvalue weighted by atomic mass is 32.1. The van der Waals surface area contributed by atoms with Gasteiger partial charge in [-0.3, -0.25) is 10.1 Å². The first kappa shape index (κ1) is 23.0. The van der Waals surface area contributed by atoms with Crippen molar-refractivity contribution in [3.63, 3.8) is 0 Å². The maximum Gasteiger partial charge on any atom is 0.410 e. The number of carboxylic acid groups (broad SMARTS) is 1. The van der Waals surface area contributed by atoms with Gasteiger partial charge >= 0.3 is 18.1 Å². The van der Waals surface area contributed by atoms with E-state index in [1.54, 1.807) is 11.1 Å². The number of amides is 3. The molecule has 1 aromatic heterocycles. The van der Waals surface area contributed by atoms with Gasteiger partial charge in [0.1, 0.15) is 6.10 Å². The largest absolute Gasteiger partial charge is 0.481 e. The van der Waals surface area contributed by atoms with E-state index in [9.17, 15) is 14.4 Å². The first-order valence-corrected chi connectivity index (χ1v) is 12.0. The Labute approximate surface area is 196 Å². The van der Waals surface area contributed by atoms with E-state index in [1.165, 1.54) is 11.3 Å². The van der Waals surface area contributed by atoms with E-state index >= 15 is 0 Å². The van der Waals surface area contributed by atoms with Crippen molar-refractivity contribution in [1.29, 1.82) is 0 Å². The summed E-state index contributed by atoms with van der Waals surface area (Å²) in [6.45, 7) is 2.94. The summed E-state index contributed by atoms with van der Waals surface area (Å²) < 4.78 is 5.70. The fourth-order valence-corrected chi connectivity index (χ4v) is 5.04. The minimum absolute atomic E-state index is 0.143. The van der Waals surface area contributed by atoms with E-state index in [-0.39, 0.29) is 30.6 Å². The highest BCUT2D eigenvalue weighted by Gasteiger charge is 2.28. The molecule has 1 fully saturated rings. The lowest BCUT2D eigenvalue weighted by Crippen LogP contribution is -2.39. The lowest BCUT2D eigenvalue weighted by atomic mass is 9.85. The van der Waals surface area contributed by atoms with Crippen LogP contribution in [-0.2, 0) is 22.5 Å². The third-order valence-electron chi connectivity index (χ3n) is 6.10. The van der Waals surface area contributed by atoms with Gasteiger partial charge in [-0.15, -0.1) is 11.3 Å². The van der Waals surface area contributed by atoms with E-state index in [2.05, 4.69) is 15.6 Å². The number of nitrogens with zero attached hydrogens (tertiary/aromatic N) is 2. The number of urea groups is 1. The Kier molecular flexibility index (Phi) is 7.12. The van der Waals surface area contributed by atoms with Gasteiger partial charge in [-0.25, -0.2) is 14.6 Å². The molecule has 3 amide bonds. The maximum absolute atomic E-state index is 12.7. The van der Waals surface area contributed by atoms with Crippen LogP contribution in [0.1, 0.15) is 48.1 Å². The van der Waals surface area contributed by atoms with Gasteiger partial charge in [0.25, 0.3) is 0 Å². The number of benzene rings is 1. The van der Waals surface area contributed by atoms with Crippen LogP contribution in [0.2, 0.25) is 0 Å². The zero-order chi connectivity index (χ0) is 23.4. The number of carbonyl (C=O) groups excluding carboxylic acids is 2. The summed E-state index contributed by atoms with van der Waals surface area (Å²) in [5.41, 5.74) is 2.81. The standard InChI is InChI=1S/C23H28N4O5S/c1-14-12-24-22(33-14)26-21(30)25-18-5-4-17-13-27(9-8-16(17)11-18)23(31)32-19-6-2-15(3-7-19)10-20(28)29/h4-5,11-12,15,19H,2-3,6-10,13H2,1H3,(H,28,29)(H2,24,25,26,30)/t15-,19-. The lowest BCUT2D eigenvalue weighted by Gasteiger charge is -2.32. The maximum atomic E-state index is 12.7. The molecule has 0 bridgehead atoms. The van der Waals surface area contributed by atoms with Crippen molar-refractivity contribution in [2.45, 2.75) is 58.1 Å². The number of anilines is 2. The number of aromatic nitrogens is 1. The van der Waals surface area contributed by atoms with Crippen LogP contribution in [0.3, 0.4) is 0 Å². The Bertz CT molecular complexity index is 1030. The highest BCUT2D eigenvalue weighted by molar-refractivity contribution is 7.15. The first-order valence-electron chi connectivity index (χ1n) is 11.2. The number of aryl methyl sites for hydroxylation is 1. The quantitative estimate of drug-likeness (QED) is 0.584. The number of aliphatic carboxylic acids is 1. The summed E-state index contributed by atoms with van der Waals surface area (Å²) in [4.78, 5) is 42.6. The minimum atomic E-state index is -0.768. The average molecular weight is 473 g/mol. The SMILES string of the molecule is Cc1cnc(NC(=O)Nc2ccc3c(c2)CCN(C(=O)O[C@H]2CC[C@H](CC(=O)O)CC2)C3)s1. The van der Waals surface area contributed by atoms with Gasteiger partial charge in [0.15, 0.2) is 5.13 Å². The van der Waals surface area contributed by atoms with E-state index in [0.717, 1.165) is 28.8 Å². The highest BCUT2D eigenvalue weighted by Crippen LogP contribution is 2.30. The lowest BCUT2D eigenvalue weighted by molar-refractivity contribution is -0.138. The molecular formula is C23H28N4O5S. The van der Waals surface area contributed by atoms with Crippen LogP contribution in [0.25, 0.3) is 0 Å². The molecule has 9 nitrogen and oxygen atoms in total. The summed E-state index contributed by atoms with van der Waals surface area (Å²) in [5.74, 6) is -0.592. The predicted octanol–water partition coefficient (Wildman–Crippen LogP) is 4.62. The number of ether oxygens (including phenoxy) is 1. The Balaban J connectivity index is 1.27. The predicted molar refractivity (Wildman–Crippen MR) is 125 cm³/mol. The van der Waals surface area contributed by atoms with Crippen molar-refractivity contribution >= 4 is 40.2 Å². The van der Waals surface area contributed by atoms with Gasteiger partial charge in [-0.2, -0.15) is 0 Å². The molecule has 10 heteroatoms. The van der Waals surface area contributed by atoms with Crippen molar-refractivity contribution in [3.05, 3.63) is 40.4 Å². The molecule has 33 heavy (non-hydrogen) atoms. The number of carbonyl (C=O) groups is 3. The molecule has 0 unspecified atom stereocenters. The van der Waals surface area contributed by atoms with Gasteiger partial charge in [0, 0.05) is 36.3 Å². The van der Waals surface area contributed by atoms with Gasteiger partial charge in [-0.1, -0.05) is 6.07 Å². The van der Waals surface area contributed by atoms with Crippen molar-refractivity contribution < 1.29 is 24.2 Å². The second-order valence-electron chi connectivity index (χ2n) is 8.63. The van der Waals surface area contributed by atoms with Crippen molar-refractivity contribution in [3.8, 4) is 0 Å². The van der Waals surface area contributed by atoms with Gasteiger partial charge < -0.3 is 20.1 Å². The first-order chi connectivity index (χ1) is 15.9. The molecule has 2 aromatic rings. The summed E-state index contributed by atoms with van der Waals surface area (Å²) in [7, 11) is 0.